The number of carbonyl (C=O) groups is 2. The van der Waals surface area contributed by atoms with E-state index in [1.165, 1.54) is 0 Å². The molecule has 194 valence electrons. The summed E-state index contributed by atoms with van der Waals surface area (Å²) < 4.78 is 11.9. The highest BCUT2D eigenvalue weighted by atomic mass is 35.5. The summed E-state index contributed by atoms with van der Waals surface area (Å²) in [6, 6.07) is 14.5. The largest absolute Gasteiger partial charge is 0.348 e. The molecule has 2 aliphatic heterocycles. The van der Waals surface area contributed by atoms with Crippen LogP contribution in [-0.4, -0.2) is 41.1 Å². The number of ketones is 1. The van der Waals surface area contributed by atoms with Crippen LogP contribution in [0.3, 0.4) is 0 Å². The Kier molecular flexibility index (Phi) is 7.87. The van der Waals surface area contributed by atoms with Crippen LogP contribution in [0.5, 0.6) is 0 Å². The molecule has 0 bridgehead atoms. The van der Waals surface area contributed by atoms with Crippen molar-refractivity contribution in [3.05, 3.63) is 69.7 Å². The Morgan fingerprint density at radius 3 is 2.33 bits per heavy atom. The van der Waals surface area contributed by atoms with Gasteiger partial charge in [0, 0.05) is 21.4 Å². The predicted octanol–water partition coefficient (Wildman–Crippen LogP) is 6.97. The van der Waals surface area contributed by atoms with Gasteiger partial charge >= 0.3 is 0 Å². The third-order valence-corrected chi connectivity index (χ3v) is 8.01. The second-order valence-electron chi connectivity index (χ2n) is 10.8. The quantitative estimate of drug-likeness (QED) is 0.387. The number of ether oxygens (including phenoxy) is 2. The molecule has 0 aliphatic carbocycles. The van der Waals surface area contributed by atoms with Crippen molar-refractivity contribution < 1.29 is 19.1 Å². The lowest BCUT2D eigenvalue weighted by Gasteiger charge is -2.52. The molecule has 5 nitrogen and oxygen atoms in total. The zero-order chi connectivity index (χ0) is 26.3. The Labute approximate surface area is 224 Å². The van der Waals surface area contributed by atoms with E-state index in [-0.39, 0.29) is 29.8 Å². The third-order valence-electron chi connectivity index (χ3n) is 7.53. The second-order valence-corrected chi connectivity index (χ2v) is 11.7. The lowest BCUT2D eigenvalue weighted by Crippen LogP contribution is -2.57. The molecule has 0 radical (unpaired) electrons. The summed E-state index contributed by atoms with van der Waals surface area (Å²) in [7, 11) is 0. The summed E-state index contributed by atoms with van der Waals surface area (Å²) in [5, 5.41) is 1.26. The lowest BCUT2D eigenvalue weighted by atomic mass is 9.66. The molecule has 2 fully saturated rings. The van der Waals surface area contributed by atoms with Crippen molar-refractivity contribution in [1.29, 1.82) is 0 Å². The monoisotopic (exact) mass is 531 g/mol. The summed E-state index contributed by atoms with van der Waals surface area (Å²) in [6.45, 7) is 9.73. The highest BCUT2D eigenvalue weighted by molar-refractivity contribution is 6.30. The molecule has 0 saturated carbocycles. The van der Waals surface area contributed by atoms with Gasteiger partial charge in [0.1, 0.15) is 0 Å². The van der Waals surface area contributed by atoms with Gasteiger partial charge < -0.3 is 14.4 Å². The fourth-order valence-electron chi connectivity index (χ4n) is 5.96. The van der Waals surface area contributed by atoms with Crippen LogP contribution in [0, 0.1) is 5.41 Å². The van der Waals surface area contributed by atoms with Gasteiger partial charge in [-0.3, -0.25) is 9.59 Å². The van der Waals surface area contributed by atoms with Crippen LogP contribution in [0.4, 0.5) is 0 Å². The average Bonchev–Trinajstić information content (AvgIpc) is 3.15. The summed E-state index contributed by atoms with van der Waals surface area (Å²) in [6.07, 6.45) is 1.41. The molecule has 2 saturated heterocycles. The number of piperidine rings is 1. The molecule has 0 N–H and O–H groups in total. The SMILES string of the molecule is CCC(C(C)=O)N1C(=O)[C@@](C)(CC2COC(C)(C)O2)C[C@H](c2cccc(Cl)c2)[C@H]1c1ccc(Cl)cc1. The Morgan fingerprint density at radius 1 is 1.08 bits per heavy atom. The van der Waals surface area contributed by atoms with Crippen molar-refractivity contribution in [3.8, 4) is 0 Å². The maximum absolute atomic E-state index is 14.4. The fourth-order valence-corrected chi connectivity index (χ4v) is 6.28. The maximum Gasteiger partial charge on any atom is 0.229 e. The number of halogens is 2. The number of likely N-dealkylation sites (tertiary alicyclic amines) is 1. The van der Waals surface area contributed by atoms with Crippen molar-refractivity contribution in [2.75, 3.05) is 6.61 Å². The number of benzene rings is 2. The molecule has 5 atom stereocenters. The highest BCUT2D eigenvalue weighted by Crippen LogP contribution is 2.53. The standard InChI is InChI=1S/C29H35Cl2NO4/c1-6-25(18(2)33)32-26(19-10-12-21(30)13-11-19)24(20-8-7-9-22(31)14-20)16-29(5,27(32)34)15-23-17-35-28(3,4)36-23/h7-14,23-26H,6,15-17H2,1-5H3/t23?,24-,25?,26-,29+/m1/s1. The van der Waals surface area contributed by atoms with Crippen LogP contribution in [0.15, 0.2) is 48.5 Å². The molecular formula is C29H35Cl2NO4. The van der Waals surface area contributed by atoms with Gasteiger partial charge in [0.25, 0.3) is 0 Å². The van der Waals surface area contributed by atoms with Crippen molar-refractivity contribution in [2.45, 2.75) is 83.8 Å². The zero-order valence-corrected chi connectivity index (χ0v) is 23.1. The Morgan fingerprint density at radius 2 is 1.78 bits per heavy atom. The van der Waals surface area contributed by atoms with Gasteiger partial charge in [0.05, 0.1) is 24.8 Å². The van der Waals surface area contributed by atoms with E-state index in [2.05, 4.69) is 6.07 Å². The van der Waals surface area contributed by atoms with E-state index in [1.54, 1.807) is 6.92 Å². The third kappa shape index (κ3) is 5.50. The second kappa shape index (κ2) is 10.4. The Balaban J connectivity index is 1.85. The number of carbonyl (C=O) groups excluding carboxylic acids is 2. The zero-order valence-electron chi connectivity index (χ0n) is 21.6. The number of hydrogen-bond donors (Lipinski definition) is 0. The molecule has 2 aliphatic rings. The molecule has 4 rings (SSSR count). The first-order valence-corrected chi connectivity index (χ1v) is 13.4. The summed E-state index contributed by atoms with van der Waals surface area (Å²) in [5.41, 5.74) is 1.22. The van der Waals surface area contributed by atoms with Crippen LogP contribution in [-0.2, 0) is 19.1 Å². The number of nitrogens with zero attached hydrogens (tertiary/aromatic N) is 1. The molecule has 2 aromatic carbocycles. The summed E-state index contributed by atoms with van der Waals surface area (Å²) >= 11 is 12.7. The van der Waals surface area contributed by atoms with Gasteiger partial charge in [0.2, 0.25) is 5.91 Å². The van der Waals surface area contributed by atoms with Crippen LogP contribution < -0.4 is 0 Å². The van der Waals surface area contributed by atoms with E-state index in [0.29, 0.717) is 35.9 Å². The van der Waals surface area contributed by atoms with Crippen LogP contribution in [0.1, 0.15) is 77.0 Å². The van der Waals surface area contributed by atoms with Crippen molar-refractivity contribution in [1.82, 2.24) is 4.90 Å². The van der Waals surface area contributed by atoms with E-state index < -0.39 is 17.2 Å². The smallest absolute Gasteiger partial charge is 0.229 e. The summed E-state index contributed by atoms with van der Waals surface area (Å²) in [5.74, 6) is -0.824. The average molecular weight is 533 g/mol. The molecule has 2 heterocycles. The van der Waals surface area contributed by atoms with E-state index in [4.69, 9.17) is 32.7 Å². The normalized spacial score (nSPS) is 28.8. The first kappa shape index (κ1) is 27.1. The van der Waals surface area contributed by atoms with Gasteiger partial charge in [0.15, 0.2) is 11.6 Å². The van der Waals surface area contributed by atoms with Crippen molar-refractivity contribution in [2.24, 2.45) is 5.41 Å². The Hall–Kier alpha value is -1.92. The van der Waals surface area contributed by atoms with E-state index in [0.717, 1.165) is 11.1 Å². The lowest BCUT2D eigenvalue weighted by molar-refractivity contribution is -0.164. The molecule has 2 aromatic rings. The topological polar surface area (TPSA) is 55.8 Å². The molecular weight excluding hydrogens is 497 g/mol. The number of amides is 1. The van der Waals surface area contributed by atoms with Crippen LogP contribution in [0.2, 0.25) is 10.0 Å². The predicted molar refractivity (Wildman–Crippen MR) is 142 cm³/mol. The molecule has 0 aromatic heterocycles. The summed E-state index contributed by atoms with van der Waals surface area (Å²) in [4.78, 5) is 29.2. The number of rotatable bonds is 7. The first-order valence-electron chi connectivity index (χ1n) is 12.6. The van der Waals surface area contributed by atoms with Crippen molar-refractivity contribution in [3.63, 3.8) is 0 Å². The minimum atomic E-state index is -0.757. The fraction of sp³-hybridized carbons (Fsp3) is 0.517. The minimum Gasteiger partial charge on any atom is -0.348 e. The minimum absolute atomic E-state index is 0.0273. The van der Waals surface area contributed by atoms with Crippen molar-refractivity contribution >= 4 is 34.9 Å². The van der Waals surface area contributed by atoms with E-state index in [1.807, 2.05) is 75.1 Å². The first-order chi connectivity index (χ1) is 16.9. The Bertz CT molecular complexity index is 1120. The number of hydrogen-bond acceptors (Lipinski definition) is 4. The molecule has 0 spiro atoms. The van der Waals surface area contributed by atoms with Gasteiger partial charge in [-0.1, -0.05) is 61.3 Å². The van der Waals surface area contributed by atoms with Gasteiger partial charge in [-0.05, 0) is 75.4 Å². The van der Waals surface area contributed by atoms with Crippen LogP contribution in [0.25, 0.3) is 0 Å². The van der Waals surface area contributed by atoms with E-state index >= 15 is 0 Å². The van der Waals surface area contributed by atoms with Gasteiger partial charge in [-0.2, -0.15) is 0 Å². The van der Waals surface area contributed by atoms with E-state index in [9.17, 15) is 9.59 Å². The maximum atomic E-state index is 14.4. The highest BCUT2D eigenvalue weighted by Gasteiger charge is 2.53. The molecule has 7 heteroatoms. The number of Topliss-reactive ketones (excluding diaryl/α,β-unsaturated/α-hetero) is 1. The molecule has 1 amide bonds. The molecule has 2 unspecified atom stereocenters. The van der Waals surface area contributed by atoms with Gasteiger partial charge in [-0.15, -0.1) is 0 Å². The van der Waals surface area contributed by atoms with Crippen LogP contribution >= 0.6 is 23.2 Å². The molecule has 36 heavy (non-hydrogen) atoms. The van der Waals surface area contributed by atoms with Gasteiger partial charge in [-0.25, -0.2) is 0 Å².